The molecule has 2 aromatic rings. The Kier molecular flexibility index (Phi) is 8.23. The number of benzene rings is 2. The van der Waals surface area contributed by atoms with E-state index < -0.39 is 6.16 Å². The Hall–Kier alpha value is -2.95. The number of Topliss-reactive ketones (excluding diaryl/α,β-unsaturated/α-hetero) is 1. The molecule has 2 aromatic carbocycles. The molecule has 0 aromatic heterocycles. The maximum Gasteiger partial charge on any atom is 0.519 e. The number of carbonyl (C=O) groups is 3. The van der Waals surface area contributed by atoms with Gasteiger partial charge in [-0.15, -0.1) is 0 Å². The number of rotatable bonds is 10. The molecule has 0 bridgehead atoms. The molecule has 0 amide bonds. The van der Waals surface area contributed by atoms with E-state index in [-0.39, 0.29) is 17.1 Å². The Labute approximate surface area is 159 Å². The minimum Gasteiger partial charge on any atom is -0.395 e. The minimum atomic E-state index is -0.945. The summed E-state index contributed by atoms with van der Waals surface area (Å²) in [4.78, 5) is 35.5. The van der Waals surface area contributed by atoms with E-state index in [0.717, 1.165) is 25.7 Å². The summed E-state index contributed by atoms with van der Waals surface area (Å²) in [5, 5.41) is 0. The fourth-order valence-corrected chi connectivity index (χ4v) is 2.64. The number of unbranched alkanes of at least 4 members (excludes halogenated alkanes) is 4. The number of ketones is 1. The van der Waals surface area contributed by atoms with Crippen molar-refractivity contribution in [3.8, 4) is 11.5 Å². The summed E-state index contributed by atoms with van der Waals surface area (Å²) in [7, 11) is 0. The van der Waals surface area contributed by atoms with Crippen LogP contribution in [0.3, 0.4) is 0 Å². The molecule has 5 heteroatoms. The van der Waals surface area contributed by atoms with Gasteiger partial charge in [-0.05, 0) is 36.8 Å². The molecule has 0 unspecified atom stereocenters. The Morgan fingerprint density at radius 1 is 0.926 bits per heavy atom. The molecule has 27 heavy (non-hydrogen) atoms. The van der Waals surface area contributed by atoms with Crippen molar-refractivity contribution in [1.82, 2.24) is 0 Å². The third kappa shape index (κ3) is 6.70. The fourth-order valence-electron chi connectivity index (χ4n) is 2.64. The van der Waals surface area contributed by atoms with Crippen molar-refractivity contribution in [2.24, 2.45) is 0 Å². The number of hydrogen-bond acceptors (Lipinski definition) is 5. The highest BCUT2D eigenvalue weighted by Gasteiger charge is 2.14. The maximum absolute atomic E-state index is 12.3. The predicted octanol–water partition coefficient (Wildman–Crippen LogP) is 5.62. The van der Waals surface area contributed by atoms with Crippen LogP contribution < -0.4 is 9.47 Å². The number of para-hydroxylation sites is 1. The number of carbonyl (C=O) groups excluding carboxylic acids is 3. The molecular weight excluding hydrogens is 344 g/mol. The van der Waals surface area contributed by atoms with E-state index in [1.807, 2.05) is 0 Å². The van der Waals surface area contributed by atoms with Gasteiger partial charge in [0.05, 0.1) is 5.56 Å². The minimum absolute atomic E-state index is 0.0204. The summed E-state index contributed by atoms with van der Waals surface area (Å²) in [6, 6.07) is 12.9. The van der Waals surface area contributed by atoms with Gasteiger partial charge in [-0.2, -0.15) is 0 Å². The van der Waals surface area contributed by atoms with Gasteiger partial charge in [0, 0.05) is 12.0 Å². The zero-order valence-electron chi connectivity index (χ0n) is 15.5. The molecule has 0 saturated heterocycles. The van der Waals surface area contributed by atoms with Crippen molar-refractivity contribution in [2.45, 2.75) is 45.4 Å². The highest BCUT2D eigenvalue weighted by Crippen LogP contribution is 2.21. The Bertz CT molecular complexity index is 768. The van der Waals surface area contributed by atoms with Crippen molar-refractivity contribution >= 4 is 18.2 Å². The molecule has 0 atom stereocenters. The van der Waals surface area contributed by atoms with Gasteiger partial charge in [0.15, 0.2) is 12.1 Å². The average molecular weight is 368 g/mol. The van der Waals surface area contributed by atoms with Crippen LogP contribution in [-0.4, -0.2) is 18.2 Å². The molecule has 0 N–H and O–H groups in total. The Balaban J connectivity index is 1.95. The van der Waals surface area contributed by atoms with Crippen LogP contribution in [0.5, 0.6) is 11.5 Å². The van der Waals surface area contributed by atoms with E-state index in [9.17, 15) is 14.4 Å². The topological polar surface area (TPSA) is 69.7 Å². The van der Waals surface area contributed by atoms with Crippen molar-refractivity contribution in [1.29, 1.82) is 0 Å². The van der Waals surface area contributed by atoms with Gasteiger partial charge in [-0.3, -0.25) is 9.59 Å². The van der Waals surface area contributed by atoms with Gasteiger partial charge in [-0.25, -0.2) is 4.79 Å². The van der Waals surface area contributed by atoms with Crippen LogP contribution in [0.15, 0.2) is 48.5 Å². The normalized spacial score (nSPS) is 10.3. The molecule has 0 aliphatic heterocycles. The predicted molar refractivity (Wildman–Crippen MR) is 103 cm³/mol. The fraction of sp³-hybridized carbons (Fsp3) is 0.318. The van der Waals surface area contributed by atoms with Gasteiger partial charge in [0.25, 0.3) is 0 Å². The van der Waals surface area contributed by atoms with E-state index in [1.54, 1.807) is 36.4 Å². The first kappa shape index (κ1) is 20.4. The largest absolute Gasteiger partial charge is 0.519 e. The van der Waals surface area contributed by atoms with Crippen LogP contribution in [0.4, 0.5) is 4.79 Å². The molecule has 0 fully saturated rings. The van der Waals surface area contributed by atoms with Crippen LogP contribution in [0, 0.1) is 0 Å². The molecule has 142 valence electrons. The summed E-state index contributed by atoms with van der Waals surface area (Å²) >= 11 is 0. The quantitative estimate of drug-likeness (QED) is 0.179. The monoisotopic (exact) mass is 368 g/mol. The lowest BCUT2D eigenvalue weighted by atomic mass is 10.0. The van der Waals surface area contributed by atoms with Gasteiger partial charge in [0.1, 0.15) is 11.5 Å². The third-order valence-corrected chi connectivity index (χ3v) is 4.10. The third-order valence-electron chi connectivity index (χ3n) is 4.10. The SMILES string of the molecule is CCCCCCCC(=O)c1ccc(OC(=O)Oc2ccccc2)c(C=O)c1. The van der Waals surface area contributed by atoms with E-state index in [0.29, 0.717) is 24.0 Å². The van der Waals surface area contributed by atoms with E-state index in [4.69, 9.17) is 9.47 Å². The summed E-state index contributed by atoms with van der Waals surface area (Å²) in [6.07, 6.45) is 5.36. The average Bonchev–Trinajstić information content (AvgIpc) is 2.68. The molecule has 0 radical (unpaired) electrons. The summed E-state index contributed by atoms with van der Waals surface area (Å²) in [6.45, 7) is 2.14. The van der Waals surface area contributed by atoms with Gasteiger partial charge >= 0.3 is 6.16 Å². The molecule has 2 rings (SSSR count). The highest BCUT2D eigenvalue weighted by molar-refractivity contribution is 5.98. The number of ether oxygens (including phenoxy) is 2. The molecule has 0 heterocycles. The lowest BCUT2D eigenvalue weighted by molar-refractivity contribution is 0.0979. The van der Waals surface area contributed by atoms with E-state index in [2.05, 4.69) is 6.92 Å². The van der Waals surface area contributed by atoms with Gasteiger partial charge < -0.3 is 9.47 Å². The second-order valence-corrected chi connectivity index (χ2v) is 6.23. The van der Waals surface area contributed by atoms with Crippen LogP contribution >= 0.6 is 0 Å². The number of aldehydes is 1. The smallest absolute Gasteiger partial charge is 0.395 e. The van der Waals surface area contributed by atoms with Crippen molar-refractivity contribution in [3.05, 3.63) is 59.7 Å². The first-order valence-electron chi connectivity index (χ1n) is 9.21. The summed E-state index contributed by atoms with van der Waals surface area (Å²) in [5.41, 5.74) is 0.577. The first-order chi connectivity index (χ1) is 13.1. The second kappa shape index (κ2) is 10.9. The first-order valence-corrected chi connectivity index (χ1v) is 9.21. The number of hydrogen-bond donors (Lipinski definition) is 0. The van der Waals surface area contributed by atoms with Crippen LogP contribution in [-0.2, 0) is 0 Å². The molecular formula is C22H24O5. The van der Waals surface area contributed by atoms with E-state index in [1.165, 1.54) is 18.6 Å². The highest BCUT2D eigenvalue weighted by atomic mass is 16.7. The maximum atomic E-state index is 12.3. The van der Waals surface area contributed by atoms with Crippen LogP contribution in [0.25, 0.3) is 0 Å². The lowest BCUT2D eigenvalue weighted by Crippen LogP contribution is -2.15. The van der Waals surface area contributed by atoms with Gasteiger partial charge in [0.2, 0.25) is 0 Å². The lowest BCUT2D eigenvalue weighted by Gasteiger charge is -2.09. The second-order valence-electron chi connectivity index (χ2n) is 6.23. The van der Waals surface area contributed by atoms with Crippen molar-refractivity contribution in [3.63, 3.8) is 0 Å². The zero-order valence-corrected chi connectivity index (χ0v) is 15.5. The Morgan fingerprint density at radius 3 is 2.37 bits per heavy atom. The Morgan fingerprint density at radius 2 is 1.67 bits per heavy atom. The summed E-state index contributed by atoms with van der Waals surface area (Å²) in [5.74, 6) is 0.378. The molecule has 0 aliphatic carbocycles. The van der Waals surface area contributed by atoms with Crippen LogP contribution in [0.2, 0.25) is 0 Å². The molecule has 0 spiro atoms. The molecule has 0 aliphatic rings. The summed E-state index contributed by atoms with van der Waals surface area (Å²) < 4.78 is 10.1. The molecule has 0 saturated carbocycles. The van der Waals surface area contributed by atoms with E-state index >= 15 is 0 Å². The van der Waals surface area contributed by atoms with Crippen molar-refractivity contribution in [2.75, 3.05) is 0 Å². The molecule has 5 nitrogen and oxygen atoms in total. The van der Waals surface area contributed by atoms with Crippen LogP contribution in [0.1, 0.15) is 66.2 Å². The van der Waals surface area contributed by atoms with Gasteiger partial charge in [-0.1, -0.05) is 50.8 Å². The zero-order chi connectivity index (χ0) is 19.5. The van der Waals surface area contributed by atoms with Crippen molar-refractivity contribution < 1.29 is 23.9 Å². The standard InChI is InChI=1S/C22H24O5/c1-2-3-4-5-9-12-20(24)17-13-14-21(18(15-17)16-23)27-22(25)26-19-10-7-6-8-11-19/h6-8,10-11,13-16H,2-5,9,12H2,1H3.